The van der Waals surface area contributed by atoms with Gasteiger partial charge in [-0.15, -0.1) is 0 Å². The van der Waals surface area contributed by atoms with Gasteiger partial charge in [-0.1, -0.05) is 13.8 Å². The fourth-order valence-electron chi connectivity index (χ4n) is 2.32. The fourth-order valence-corrected chi connectivity index (χ4v) is 2.86. The molecule has 1 atom stereocenters. The number of thiol groups is 1. The van der Waals surface area contributed by atoms with E-state index in [9.17, 15) is 0 Å². The van der Waals surface area contributed by atoms with Gasteiger partial charge in [0.1, 0.15) is 0 Å². The Labute approximate surface area is 106 Å². The van der Waals surface area contributed by atoms with Crippen molar-refractivity contribution >= 4 is 12.6 Å². The Morgan fingerprint density at radius 2 is 1.94 bits per heavy atom. The van der Waals surface area contributed by atoms with Crippen LogP contribution >= 0.6 is 12.6 Å². The van der Waals surface area contributed by atoms with Crippen LogP contribution in [0.2, 0.25) is 0 Å². The predicted molar refractivity (Wildman–Crippen MR) is 73.2 cm³/mol. The van der Waals surface area contributed by atoms with E-state index >= 15 is 0 Å². The molecule has 16 heavy (non-hydrogen) atoms. The van der Waals surface area contributed by atoms with Crippen molar-refractivity contribution in [2.75, 3.05) is 39.1 Å². The van der Waals surface area contributed by atoms with Crippen molar-refractivity contribution in [2.45, 2.75) is 26.7 Å². The van der Waals surface area contributed by atoms with Crippen molar-refractivity contribution in [2.24, 2.45) is 17.8 Å². The van der Waals surface area contributed by atoms with E-state index in [0.717, 1.165) is 30.8 Å². The Balaban J connectivity index is 2.25. The van der Waals surface area contributed by atoms with E-state index in [0.29, 0.717) is 5.92 Å². The van der Waals surface area contributed by atoms with Crippen molar-refractivity contribution < 1.29 is 4.74 Å². The average molecular weight is 245 g/mol. The van der Waals surface area contributed by atoms with Gasteiger partial charge in [-0.25, -0.2) is 0 Å². The fraction of sp³-hybridized carbons (Fsp3) is 1.00. The van der Waals surface area contributed by atoms with Crippen LogP contribution < -0.4 is 0 Å². The SMILES string of the molecule is CC(C)C(CS)CN(C)CC1CCOCC1. The lowest BCUT2D eigenvalue weighted by atomic mass is 9.95. The topological polar surface area (TPSA) is 12.5 Å². The van der Waals surface area contributed by atoms with Crippen molar-refractivity contribution in [1.82, 2.24) is 4.90 Å². The van der Waals surface area contributed by atoms with Crippen LogP contribution in [-0.2, 0) is 4.74 Å². The summed E-state index contributed by atoms with van der Waals surface area (Å²) in [6, 6.07) is 0. The highest BCUT2D eigenvalue weighted by Gasteiger charge is 2.19. The van der Waals surface area contributed by atoms with Crippen LogP contribution in [0, 0.1) is 17.8 Å². The second kappa shape index (κ2) is 7.57. The molecule has 0 bridgehead atoms. The van der Waals surface area contributed by atoms with E-state index in [2.05, 4.69) is 38.4 Å². The molecule has 0 saturated carbocycles. The summed E-state index contributed by atoms with van der Waals surface area (Å²) in [6.07, 6.45) is 2.47. The molecule has 1 saturated heterocycles. The van der Waals surface area contributed by atoms with E-state index in [-0.39, 0.29) is 0 Å². The summed E-state index contributed by atoms with van der Waals surface area (Å²) < 4.78 is 5.39. The molecule has 1 unspecified atom stereocenters. The van der Waals surface area contributed by atoms with Crippen LogP contribution in [0.3, 0.4) is 0 Å². The van der Waals surface area contributed by atoms with Crippen molar-refractivity contribution in [1.29, 1.82) is 0 Å². The van der Waals surface area contributed by atoms with Crippen LogP contribution in [0.1, 0.15) is 26.7 Å². The number of nitrogens with zero attached hydrogens (tertiary/aromatic N) is 1. The zero-order valence-electron chi connectivity index (χ0n) is 11.0. The number of rotatable bonds is 6. The van der Waals surface area contributed by atoms with Crippen molar-refractivity contribution in [3.05, 3.63) is 0 Å². The van der Waals surface area contributed by atoms with E-state index in [1.54, 1.807) is 0 Å². The normalized spacial score (nSPS) is 20.6. The van der Waals surface area contributed by atoms with Crippen LogP contribution in [0.4, 0.5) is 0 Å². The largest absolute Gasteiger partial charge is 0.381 e. The minimum atomic E-state index is 0.716. The summed E-state index contributed by atoms with van der Waals surface area (Å²) in [5, 5.41) is 0. The molecular weight excluding hydrogens is 218 g/mol. The molecule has 0 aromatic carbocycles. The molecule has 1 fully saturated rings. The molecule has 1 rings (SSSR count). The average Bonchev–Trinajstić information content (AvgIpc) is 2.27. The maximum absolute atomic E-state index is 5.39. The van der Waals surface area contributed by atoms with Gasteiger partial charge in [-0.3, -0.25) is 0 Å². The third-order valence-electron chi connectivity index (χ3n) is 3.63. The Hall–Kier alpha value is 0.270. The molecule has 0 N–H and O–H groups in total. The molecule has 3 heteroatoms. The van der Waals surface area contributed by atoms with Crippen molar-refractivity contribution in [3.8, 4) is 0 Å². The minimum absolute atomic E-state index is 0.716. The summed E-state index contributed by atoms with van der Waals surface area (Å²) in [6.45, 7) is 8.91. The van der Waals surface area contributed by atoms with E-state index in [1.807, 2.05) is 0 Å². The summed E-state index contributed by atoms with van der Waals surface area (Å²) in [5.74, 6) is 3.28. The summed E-state index contributed by atoms with van der Waals surface area (Å²) in [7, 11) is 2.24. The third kappa shape index (κ3) is 5.07. The van der Waals surface area contributed by atoms with Gasteiger partial charge >= 0.3 is 0 Å². The highest BCUT2D eigenvalue weighted by atomic mass is 32.1. The molecule has 2 nitrogen and oxygen atoms in total. The first-order valence-electron chi connectivity index (χ1n) is 6.50. The quantitative estimate of drug-likeness (QED) is 0.722. The summed E-state index contributed by atoms with van der Waals surface area (Å²) in [5.41, 5.74) is 0. The molecule has 1 aliphatic rings. The molecule has 0 spiro atoms. The van der Waals surface area contributed by atoms with E-state index in [1.165, 1.54) is 25.9 Å². The molecule has 1 aliphatic heterocycles. The maximum atomic E-state index is 5.39. The second-order valence-electron chi connectivity index (χ2n) is 5.46. The molecule has 0 radical (unpaired) electrons. The van der Waals surface area contributed by atoms with Gasteiger partial charge in [-0.05, 0) is 43.4 Å². The first kappa shape index (κ1) is 14.3. The molecule has 96 valence electrons. The Kier molecular flexibility index (Phi) is 6.78. The Bertz CT molecular complexity index is 181. The summed E-state index contributed by atoms with van der Waals surface area (Å²) >= 11 is 4.45. The van der Waals surface area contributed by atoms with Crippen LogP contribution in [-0.4, -0.2) is 44.0 Å². The molecule has 0 aliphatic carbocycles. The van der Waals surface area contributed by atoms with Crippen LogP contribution in [0.5, 0.6) is 0 Å². The smallest absolute Gasteiger partial charge is 0.0469 e. The number of ether oxygens (including phenoxy) is 1. The Morgan fingerprint density at radius 3 is 2.44 bits per heavy atom. The molecule has 0 amide bonds. The van der Waals surface area contributed by atoms with E-state index < -0.39 is 0 Å². The van der Waals surface area contributed by atoms with Gasteiger partial charge in [0.25, 0.3) is 0 Å². The molecule has 1 heterocycles. The molecule has 0 aromatic rings. The van der Waals surface area contributed by atoms with Crippen LogP contribution in [0.25, 0.3) is 0 Å². The minimum Gasteiger partial charge on any atom is -0.381 e. The first-order valence-corrected chi connectivity index (χ1v) is 7.13. The van der Waals surface area contributed by atoms with Gasteiger partial charge in [-0.2, -0.15) is 12.6 Å². The third-order valence-corrected chi connectivity index (χ3v) is 4.10. The van der Waals surface area contributed by atoms with E-state index in [4.69, 9.17) is 4.74 Å². The standard InChI is InChI=1S/C13H27NOS/c1-11(2)13(10-16)9-14(3)8-12-4-6-15-7-5-12/h11-13,16H,4-10H2,1-3H3. The highest BCUT2D eigenvalue weighted by molar-refractivity contribution is 7.80. The summed E-state index contributed by atoms with van der Waals surface area (Å²) in [4.78, 5) is 2.48. The zero-order chi connectivity index (χ0) is 12.0. The van der Waals surface area contributed by atoms with Gasteiger partial charge in [0.15, 0.2) is 0 Å². The van der Waals surface area contributed by atoms with Crippen LogP contribution in [0.15, 0.2) is 0 Å². The van der Waals surface area contributed by atoms with Gasteiger partial charge in [0.05, 0.1) is 0 Å². The van der Waals surface area contributed by atoms with Gasteiger partial charge in [0.2, 0.25) is 0 Å². The van der Waals surface area contributed by atoms with Crippen molar-refractivity contribution in [3.63, 3.8) is 0 Å². The second-order valence-corrected chi connectivity index (χ2v) is 5.83. The number of hydrogen-bond donors (Lipinski definition) is 1. The lowest BCUT2D eigenvalue weighted by molar-refractivity contribution is 0.0536. The number of hydrogen-bond acceptors (Lipinski definition) is 3. The zero-order valence-corrected chi connectivity index (χ0v) is 11.9. The van der Waals surface area contributed by atoms with Gasteiger partial charge < -0.3 is 9.64 Å². The lowest BCUT2D eigenvalue weighted by Gasteiger charge is -2.30. The monoisotopic (exact) mass is 245 g/mol. The predicted octanol–water partition coefficient (Wildman–Crippen LogP) is 2.55. The maximum Gasteiger partial charge on any atom is 0.0469 e. The Morgan fingerprint density at radius 1 is 1.31 bits per heavy atom. The lowest BCUT2D eigenvalue weighted by Crippen LogP contribution is -2.35. The molecular formula is C13H27NOS. The first-order chi connectivity index (χ1) is 7.63. The highest BCUT2D eigenvalue weighted by Crippen LogP contribution is 2.18. The molecule has 0 aromatic heterocycles. The van der Waals surface area contributed by atoms with Gasteiger partial charge in [0, 0.05) is 26.3 Å².